The minimum absolute atomic E-state index is 0.299. The number of aliphatic hydroxyl groups excluding tert-OH is 1. The van der Waals surface area contributed by atoms with E-state index in [1.54, 1.807) is 7.11 Å². The van der Waals surface area contributed by atoms with E-state index in [4.69, 9.17) is 10.5 Å². The SMILES string of the molecule is COc1ccc(CCNCC(O)CN)cc1C(C)C. The van der Waals surface area contributed by atoms with Gasteiger partial charge in [0.15, 0.2) is 0 Å². The zero-order chi connectivity index (χ0) is 14.3. The van der Waals surface area contributed by atoms with Crippen LogP contribution in [0.4, 0.5) is 0 Å². The normalized spacial score (nSPS) is 12.7. The van der Waals surface area contributed by atoms with Crippen molar-refractivity contribution in [1.82, 2.24) is 5.32 Å². The molecule has 19 heavy (non-hydrogen) atoms. The molecule has 108 valence electrons. The molecular weight excluding hydrogens is 240 g/mol. The van der Waals surface area contributed by atoms with Crippen LogP contribution < -0.4 is 15.8 Å². The minimum atomic E-state index is -0.456. The Balaban J connectivity index is 2.53. The van der Waals surface area contributed by atoms with Gasteiger partial charge in [-0.25, -0.2) is 0 Å². The van der Waals surface area contributed by atoms with Crippen LogP contribution >= 0.6 is 0 Å². The lowest BCUT2D eigenvalue weighted by atomic mass is 9.98. The van der Waals surface area contributed by atoms with E-state index in [1.807, 2.05) is 6.07 Å². The molecule has 0 radical (unpaired) electrons. The van der Waals surface area contributed by atoms with Crippen molar-refractivity contribution >= 4 is 0 Å². The second kappa shape index (κ2) is 8.15. The van der Waals surface area contributed by atoms with Gasteiger partial charge < -0.3 is 20.9 Å². The summed E-state index contributed by atoms with van der Waals surface area (Å²) < 4.78 is 5.37. The lowest BCUT2D eigenvalue weighted by Crippen LogP contribution is -2.33. The van der Waals surface area contributed by atoms with Gasteiger partial charge in [0.25, 0.3) is 0 Å². The zero-order valence-corrected chi connectivity index (χ0v) is 12.1. The molecule has 1 rings (SSSR count). The summed E-state index contributed by atoms with van der Waals surface area (Å²) in [7, 11) is 1.71. The molecule has 4 N–H and O–H groups in total. The number of benzene rings is 1. The van der Waals surface area contributed by atoms with Crippen LogP contribution in [0, 0.1) is 0 Å². The van der Waals surface area contributed by atoms with E-state index < -0.39 is 6.10 Å². The third kappa shape index (κ3) is 5.19. The quantitative estimate of drug-likeness (QED) is 0.620. The van der Waals surface area contributed by atoms with Gasteiger partial charge in [0, 0.05) is 13.1 Å². The maximum Gasteiger partial charge on any atom is 0.122 e. The van der Waals surface area contributed by atoms with E-state index in [2.05, 4.69) is 31.3 Å². The van der Waals surface area contributed by atoms with Crippen molar-refractivity contribution in [1.29, 1.82) is 0 Å². The van der Waals surface area contributed by atoms with Gasteiger partial charge in [-0.15, -0.1) is 0 Å². The lowest BCUT2D eigenvalue weighted by molar-refractivity contribution is 0.180. The molecule has 1 atom stereocenters. The monoisotopic (exact) mass is 266 g/mol. The molecular formula is C15H26N2O2. The van der Waals surface area contributed by atoms with Gasteiger partial charge in [-0.1, -0.05) is 26.0 Å². The molecule has 0 spiro atoms. The van der Waals surface area contributed by atoms with E-state index in [0.717, 1.165) is 18.7 Å². The molecule has 0 saturated carbocycles. The number of ether oxygens (including phenoxy) is 1. The van der Waals surface area contributed by atoms with E-state index in [9.17, 15) is 5.11 Å². The Labute approximate surface area is 116 Å². The van der Waals surface area contributed by atoms with Crippen molar-refractivity contribution in [2.45, 2.75) is 32.3 Å². The van der Waals surface area contributed by atoms with Crippen molar-refractivity contribution in [2.24, 2.45) is 5.73 Å². The molecule has 1 aromatic rings. The highest BCUT2D eigenvalue weighted by Crippen LogP contribution is 2.27. The molecule has 0 aliphatic rings. The number of nitrogens with two attached hydrogens (primary N) is 1. The van der Waals surface area contributed by atoms with Gasteiger partial charge >= 0.3 is 0 Å². The number of nitrogens with one attached hydrogen (secondary N) is 1. The van der Waals surface area contributed by atoms with Crippen LogP contribution in [0.2, 0.25) is 0 Å². The third-order valence-corrected chi connectivity index (χ3v) is 3.16. The predicted molar refractivity (Wildman–Crippen MR) is 78.7 cm³/mol. The Kier molecular flexibility index (Phi) is 6.84. The van der Waals surface area contributed by atoms with Crippen molar-refractivity contribution in [3.05, 3.63) is 29.3 Å². The Morgan fingerprint density at radius 3 is 2.68 bits per heavy atom. The van der Waals surface area contributed by atoms with Gasteiger partial charge in [0.05, 0.1) is 13.2 Å². The summed E-state index contributed by atoms with van der Waals surface area (Å²) in [5.41, 5.74) is 7.86. The molecule has 0 saturated heterocycles. The van der Waals surface area contributed by atoms with Crippen LogP contribution in [0.25, 0.3) is 0 Å². The van der Waals surface area contributed by atoms with Gasteiger partial charge in [-0.05, 0) is 36.1 Å². The summed E-state index contributed by atoms with van der Waals surface area (Å²) >= 11 is 0. The average molecular weight is 266 g/mol. The van der Waals surface area contributed by atoms with Crippen LogP contribution in [-0.4, -0.2) is 38.0 Å². The van der Waals surface area contributed by atoms with Crippen LogP contribution in [0.1, 0.15) is 30.9 Å². The molecule has 0 aliphatic carbocycles. The van der Waals surface area contributed by atoms with Crippen molar-refractivity contribution in [2.75, 3.05) is 26.7 Å². The molecule has 4 nitrogen and oxygen atoms in total. The Morgan fingerprint density at radius 1 is 1.37 bits per heavy atom. The van der Waals surface area contributed by atoms with E-state index in [0.29, 0.717) is 19.0 Å². The van der Waals surface area contributed by atoms with Crippen molar-refractivity contribution in [3.63, 3.8) is 0 Å². The molecule has 0 fully saturated rings. The first-order valence-corrected chi connectivity index (χ1v) is 6.84. The number of hydrogen-bond acceptors (Lipinski definition) is 4. The first kappa shape index (κ1) is 16.0. The molecule has 4 heteroatoms. The fourth-order valence-corrected chi connectivity index (χ4v) is 1.98. The Bertz CT molecular complexity index is 380. The second-order valence-electron chi connectivity index (χ2n) is 5.07. The summed E-state index contributed by atoms with van der Waals surface area (Å²) in [4.78, 5) is 0. The summed E-state index contributed by atoms with van der Waals surface area (Å²) in [6, 6.07) is 6.32. The zero-order valence-electron chi connectivity index (χ0n) is 12.1. The molecule has 0 bridgehead atoms. The molecule has 0 aromatic heterocycles. The highest BCUT2D eigenvalue weighted by molar-refractivity contribution is 5.39. The Hall–Kier alpha value is -1.10. The van der Waals surface area contributed by atoms with Crippen LogP contribution in [0.15, 0.2) is 18.2 Å². The standard InChI is InChI=1S/C15H26N2O2/c1-11(2)14-8-12(4-5-15(14)19-3)6-7-17-10-13(18)9-16/h4-5,8,11,13,17-18H,6-7,9-10,16H2,1-3H3. The summed E-state index contributed by atoms with van der Waals surface area (Å²) in [6.45, 7) is 6.01. The van der Waals surface area contributed by atoms with Crippen LogP contribution in [0.5, 0.6) is 5.75 Å². The average Bonchev–Trinajstić information content (AvgIpc) is 2.42. The van der Waals surface area contributed by atoms with Crippen LogP contribution in [0.3, 0.4) is 0 Å². The van der Waals surface area contributed by atoms with Crippen molar-refractivity contribution < 1.29 is 9.84 Å². The van der Waals surface area contributed by atoms with Crippen LogP contribution in [-0.2, 0) is 6.42 Å². The lowest BCUT2D eigenvalue weighted by Gasteiger charge is -2.14. The molecule has 0 amide bonds. The van der Waals surface area contributed by atoms with Gasteiger partial charge in [0.2, 0.25) is 0 Å². The topological polar surface area (TPSA) is 67.5 Å². The predicted octanol–water partition coefficient (Wildman–Crippen LogP) is 1.27. The van der Waals surface area contributed by atoms with E-state index in [-0.39, 0.29) is 0 Å². The summed E-state index contributed by atoms with van der Waals surface area (Å²) in [6.07, 6.45) is 0.475. The molecule has 0 aliphatic heterocycles. The fourth-order valence-electron chi connectivity index (χ4n) is 1.98. The van der Waals surface area contributed by atoms with Crippen molar-refractivity contribution in [3.8, 4) is 5.75 Å². The molecule has 0 heterocycles. The highest BCUT2D eigenvalue weighted by atomic mass is 16.5. The largest absolute Gasteiger partial charge is 0.496 e. The number of methoxy groups -OCH3 is 1. The third-order valence-electron chi connectivity index (χ3n) is 3.16. The maximum atomic E-state index is 9.34. The number of hydrogen-bond donors (Lipinski definition) is 3. The van der Waals surface area contributed by atoms with Gasteiger partial charge in [-0.2, -0.15) is 0 Å². The second-order valence-corrected chi connectivity index (χ2v) is 5.07. The minimum Gasteiger partial charge on any atom is -0.496 e. The van der Waals surface area contributed by atoms with E-state index in [1.165, 1.54) is 11.1 Å². The Morgan fingerprint density at radius 2 is 2.11 bits per heavy atom. The maximum absolute atomic E-state index is 9.34. The molecule has 1 unspecified atom stereocenters. The fraction of sp³-hybridized carbons (Fsp3) is 0.600. The smallest absolute Gasteiger partial charge is 0.122 e. The van der Waals surface area contributed by atoms with Gasteiger partial charge in [-0.3, -0.25) is 0 Å². The van der Waals surface area contributed by atoms with E-state index >= 15 is 0 Å². The number of aliphatic hydroxyl groups is 1. The van der Waals surface area contributed by atoms with Gasteiger partial charge in [0.1, 0.15) is 5.75 Å². The first-order chi connectivity index (χ1) is 9.08. The molecule has 1 aromatic carbocycles. The highest BCUT2D eigenvalue weighted by Gasteiger charge is 2.08. The summed E-state index contributed by atoms with van der Waals surface area (Å²) in [5.74, 6) is 1.40. The summed E-state index contributed by atoms with van der Waals surface area (Å²) in [5, 5.41) is 12.5. The first-order valence-electron chi connectivity index (χ1n) is 6.84. The number of rotatable bonds is 8.